The van der Waals surface area contributed by atoms with Gasteiger partial charge < -0.3 is 9.84 Å². The van der Waals surface area contributed by atoms with Gasteiger partial charge in [-0.15, -0.1) is 11.3 Å². The van der Waals surface area contributed by atoms with E-state index in [9.17, 15) is 4.79 Å². The number of thiophene rings is 1. The topological polar surface area (TPSA) is 46.5 Å². The van der Waals surface area contributed by atoms with Crippen LogP contribution in [0.2, 0.25) is 0 Å². The number of hydrogen-bond donors (Lipinski definition) is 1. The van der Waals surface area contributed by atoms with E-state index in [1.807, 2.05) is 6.07 Å². The maximum atomic E-state index is 10.6. The number of carboxylic acid groups (broad SMARTS) is 1. The van der Waals surface area contributed by atoms with Crippen LogP contribution in [0.4, 0.5) is 0 Å². The van der Waals surface area contributed by atoms with Gasteiger partial charge >= 0.3 is 5.97 Å². The molecule has 1 aliphatic rings. The van der Waals surface area contributed by atoms with Crippen molar-refractivity contribution in [3.63, 3.8) is 0 Å². The molecule has 0 saturated heterocycles. The van der Waals surface area contributed by atoms with Gasteiger partial charge in [0.05, 0.1) is 6.61 Å². The van der Waals surface area contributed by atoms with Crippen molar-refractivity contribution in [2.24, 2.45) is 5.92 Å². The molecule has 3 nitrogen and oxygen atoms in total. The monoisotopic (exact) mass is 240 g/mol. The van der Waals surface area contributed by atoms with E-state index in [1.165, 1.54) is 30.6 Å². The average Bonchev–Trinajstić information content (AvgIpc) is 2.63. The number of carboxylic acids is 1. The molecule has 1 N–H and O–H groups in total. The van der Waals surface area contributed by atoms with E-state index < -0.39 is 5.97 Å². The Morgan fingerprint density at radius 1 is 1.50 bits per heavy atom. The van der Waals surface area contributed by atoms with Crippen LogP contribution in [-0.2, 0) is 11.3 Å². The second kappa shape index (κ2) is 5.46. The van der Waals surface area contributed by atoms with E-state index in [-0.39, 0.29) is 0 Å². The Labute approximate surface area is 99.1 Å². The summed E-state index contributed by atoms with van der Waals surface area (Å²) in [5.74, 6) is 0.0173. The van der Waals surface area contributed by atoms with Gasteiger partial charge in [-0.3, -0.25) is 0 Å². The molecule has 1 aromatic rings. The minimum Gasteiger partial charge on any atom is -0.477 e. The second-order valence-electron chi connectivity index (χ2n) is 4.21. The van der Waals surface area contributed by atoms with Crippen molar-refractivity contribution in [2.75, 3.05) is 6.61 Å². The maximum absolute atomic E-state index is 10.6. The van der Waals surface area contributed by atoms with Crippen LogP contribution in [0.1, 0.15) is 40.2 Å². The molecule has 16 heavy (non-hydrogen) atoms. The van der Waals surface area contributed by atoms with Crippen molar-refractivity contribution in [2.45, 2.75) is 32.3 Å². The molecule has 1 fully saturated rings. The number of hydrogen-bond acceptors (Lipinski definition) is 3. The zero-order valence-corrected chi connectivity index (χ0v) is 9.96. The van der Waals surface area contributed by atoms with Crippen LogP contribution in [-0.4, -0.2) is 17.7 Å². The molecule has 0 unspecified atom stereocenters. The van der Waals surface area contributed by atoms with Crippen molar-refractivity contribution in [1.82, 2.24) is 0 Å². The van der Waals surface area contributed by atoms with Crippen molar-refractivity contribution in [3.8, 4) is 0 Å². The first kappa shape index (κ1) is 11.6. The molecule has 4 heteroatoms. The van der Waals surface area contributed by atoms with Crippen LogP contribution in [0.3, 0.4) is 0 Å². The molecule has 1 aromatic heterocycles. The highest BCUT2D eigenvalue weighted by Crippen LogP contribution is 2.29. The highest BCUT2D eigenvalue weighted by atomic mass is 32.1. The standard InChI is InChI=1S/C12H16O3S/c13-12(14)11-5-4-10(16-11)8-15-7-6-9-2-1-3-9/h4-5,9H,1-3,6-8H2,(H,13,14). The van der Waals surface area contributed by atoms with E-state index in [0.717, 1.165) is 23.8 Å². The lowest BCUT2D eigenvalue weighted by molar-refractivity contribution is 0.0702. The van der Waals surface area contributed by atoms with Crippen LogP contribution in [0, 0.1) is 5.92 Å². The van der Waals surface area contributed by atoms with Crippen LogP contribution in [0.25, 0.3) is 0 Å². The van der Waals surface area contributed by atoms with E-state index in [4.69, 9.17) is 9.84 Å². The Hall–Kier alpha value is -0.870. The molecule has 2 rings (SSSR count). The van der Waals surface area contributed by atoms with Gasteiger partial charge in [0.15, 0.2) is 0 Å². The molecule has 1 saturated carbocycles. The van der Waals surface area contributed by atoms with E-state index in [1.54, 1.807) is 6.07 Å². The minimum absolute atomic E-state index is 0.387. The summed E-state index contributed by atoms with van der Waals surface area (Å²) in [6.45, 7) is 1.34. The second-order valence-corrected chi connectivity index (χ2v) is 5.38. The third kappa shape index (κ3) is 3.06. The fourth-order valence-corrected chi connectivity index (χ4v) is 2.56. The highest BCUT2D eigenvalue weighted by molar-refractivity contribution is 7.13. The van der Waals surface area contributed by atoms with Crippen molar-refractivity contribution < 1.29 is 14.6 Å². The lowest BCUT2D eigenvalue weighted by Gasteiger charge is -2.24. The number of carbonyl (C=O) groups is 1. The lowest BCUT2D eigenvalue weighted by atomic mass is 9.83. The molecule has 1 aliphatic carbocycles. The lowest BCUT2D eigenvalue weighted by Crippen LogP contribution is -2.13. The van der Waals surface area contributed by atoms with Gasteiger partial charge in [0.1, 0.15) is 4.88 Å². The third-order valence-electron chi connectivity index (χ3n) is 3.01. The van der Waals surface area contributed by atoms with Crippen molar-refractivity contribution in [1.29, 1.82) is 0 Å². The molecule has 0 spiro atoms. The van der Waals surface area contributed by atoms with Gasteiger partial charge in [0.25, 0.3) is 0 Å². The van der Waals surface area contributed by atoms with Gasteiger partial charge in [-0.1, -0.05) is 19.3 Å². The van der Waals surface area contributed by atoms with Crippen molar-refractivity contribution in [3.05, 3.63) is 21.9 Å². The molecule has 0 aliphatic heterocycles. The number of ether oxygens (including phenoxy) is 1. The van der Waals surface area contributed by atoms with Gasteiger partial charge in [0.2, 0.25) is 0 Å². The summed E-state index contributed by atoms with van der Waals surface area (Å²) in [4.78, 5) is 12.0. The number of rotatable bonds is 6. The van der Waals surface area contributed by atoms with Crippen LogP contribution in [0.5, 0.6) is 0 Å². The molecule has 0 atom stereocenters. The normalized spacial score (nSPS) is 16.0. The van der Waals surface area contributed by atoms with Gasteiger partial charge in [-0.2, -0.15) is 0 Å². The minimum atomic E-state index is -0.856. The zero-order valence-electron chi connectivity index (χ0n) is 9.15. The summed E-state index contributed by atoms with van der Waals surface area (Å²) in [7, 11) is 0. The molecule has 0 aromatic carbocycles. The first-order valence-corrected chi connectivity index (χ1v) is 6.47. The molecular weight excluding hydrogens is 224 g/mol. The molecular formula is C12H16O3S. The Morgan fingerprint density at radius 3 is 2.88 bits per heavy atom. The first-order valence-electron chi connectivity index (χ1n) is 5.65. The van der Waals surface area contributed by atoms with E-state index in [2.05, 4.69) is 0 Å². The first-order chi connectivity index (χ1) is 7.75. The van der Waals surface area contributed by atoms with Gasteiger partial charge in [-0.05, 0) is 24.5 Å². The average molecular weight is 240 g/mol. The zero-order chi connectivity index (χ0) is 11.4. The molecule has 0 bridgehead atoms. The smallest absolute Gasteiger partial charge is 0.345 e. The Morgan fingerprint density at radius 2 is 2.31 bits per heavy atom. The van der Waals surface area contributed by atoms with Crippen LogP contribution < -0.4 is 0 Å². The molecule has 0 radical (unpaired) electrons. The Kier molecular flexibility index (Phi) is 3.96. The molecule has 0 amide bonds. The summed E-state index contributed by atoms with van der Waals surface area (Å²) in [5.41, 5.74) is 0. The number of aromatic carboxylic acids is 1. The van der Waals surface area contributed by atoms with Gasteiger partial charge in [-0.25, -0.2) is 4.79 Å². The van der Waals surface area contributed by atoms with E-state index >= 15 is 0 Å². The summed E-state index contributed by atoms with van der Waals surface area (Å²) in [6, 6.07) is 3.47. The fourth-order valence-electron chi connectivity index (χ4n) is 1.77. The predicted octanol–water partition coefficient (Wildman–Crippen LogP) is 3.15. The Bertz CT molecular complexity index is 355. The van der Waals surface area contributed by atoms with Crippen LogP contribution >= 0.6 is 11.3 Å². The Balaban J connectivity index is 1.66. The van der Waals surface area contributed by atoms with E-state index in [0.29, 0.717) is 11.5 Å². The summed E-state index contributed by atoms with van der Waals surface area (Å²) in [6.07, 6.45) is 5.23. The third-order valence-corrected chi connectivity index (χ3v) is 4.06. The molecule has 1 heterocycles. The van der Waals surface area contributed by atoms with Crippen molar-refractivity contribution >= 4 is 17.3 Å². The maximum Gasteiger partial charge on any atom is 0.345 e. The quantitative estimate of drug-likeness (QED) is 0.777. The van der Waals surface area contributed by atoms with Crippen LogP contribution in [0.15, 0.2) is 12.1 Å². The summed E-state index contributed by atoms with van der Waals surface area (Å²) >= 11 is 1.30. The highest BCUT2D eigenvalue weighted by Gasteiger charge is 2.16. The molecule has 88 valence electrons. The predicted molar refractivity (Wildman–Crippen MR) is 62.9 cm³/mol. The summed E-state index contributed by atoms with van der Waals surface area (Å²) < 4.78 is 5.54. The fraction of sp³-hybridized carbons (Fsp3) is 0.583. The van der Waals surface area contributed by atoms with Gasteiger partial charge in [0, 0.05) is 11.5 Å². The summed E-state index contributed by atoms with van der Waals surface area (Å²) in [5, 5.41) is 8.75. The largest absolute Gasteiger partial charge is 0.477 e. The SMILES string of the molecule is O=C(O)c1ccc(COCCC2CCC2)s1.